The average molecular weight is 244 g/mol. The first-order valence-corrected chi connectivity index (χ1v) is 6.39. The Labute approximate surface area is 108 Å². The molecule has 0 bridgehead atoms. The predicted octanol–water partition coefficient (Wildman–Crippen LogP) is 2.10. The van der Waals surface area contributed by atoms with Gasteiger partial charge in [-0.25, -0.2) is 4.98 Å². The van der Waals surface area contributed by atoms with Gasteiger partial charge in [-0.3, -0.25) is 4.98 Å². The first kappa shape index (κ1) is 12.8. The number of aromatic nitrogens is 3. The number of hydrogen-bond donors (Lipinski definition) is 1. The normalized spacial score (nSPS) is 12.6. The minimum absolute atomic E-state index is 0.272. The molecule has 1 N–H and O–H groups in total. The molecular weight excluding hydrogens is 224 g/mol. The molecule has 96 valence electrons. The van der Waals surface area contributed by atoms with Crippen LogP contribution in [0.3, 0.4) is 0 Å². The molecule has 4 nitrogen and oxygen atoms in total. The van der Waals surface area contributed by atoms with Crippen molar-refractivity contribution in [3.63, 3.8) is 0 Å². The number of imidazole rings is 1. The van der Waals surface area contributed by atoms with E-state index in [0.717, 1.165) is 25.1 Å². The first-order valence-electron chi connectivity index (χ1n) is 6.39. The van der Waals surface area contributed by atoms with Gasteiger partial charge in [-0.05, 0) is 37.1 Å². The first-order chi connectivity index (χ1) is 8.79. The highest BCUT2D eigenvalue weighted by Crippen LogP contribution is 2.16. The smallest absolute Gasteiger partial charge is 0.0947 e. The molecule has 1 unspecified atom stereocenters. The topological polar surface area (TPSA) is 42.7 Å². The number of nitrogens with zero attached hydrogens (tertiary/aromatic N) is 3. The summed E-state index contributed by atoms with van der Waals surface area (Å²) in [5.74, 6) is 0. The van der Waals surface area contributed by atoms with Crippen molar-refractivity contribution in [3.8, 4) is 0 Å². The molecule has 18 heavy (non-hydrogen) atoms. The van der Waals surface area contributed by atoms with Gasteiger partial charge in [-0.1, -0.05) is 6.92 Å². The van der Waals surface area contributed by atoms with E-state index in [2.05, 4.69) is 40.5 Å². The molecular formula is C14H20N4. The van der Waals surface area contributed by atoms with Crippen LogP contribution in [-0.4, -0.2) is 21.1 Å². The van der Waals surface area contributed by atoms with E-state index in [9.17, 15) is 0 Å². The molecule has 0 aliphatic rings. The van der Waals surface area contributed by atoms with Crippen LogP contribution in [0.5, 0.6) is 0 Å². The van der Waals surface area contributed by atoms with Gasteiger partial charge in [0.05, 0.1) is 18.1 Å². The van der Waals surface area contributed by atoms with Crippen molar-refractivity contribution in [1.82, 2.24) is 19.9 Å². The maximum absolute atomic E-state index is 4.45. The Morgan fingerprint density at radius 1 is 1.33 bits per heavy atom. The zero-order valence-corrected chi connectivity index (χ0v) is 11.0. The number of pyridine rings is 1. The summed E-state index contributed by atoms with van der Waals surface area (Å²) in [7, 11) is 2.00. The minimum atomic E-state index is 0.272. The highest BCUT2D eigenvalue weighted by Gasteiger charge is 2.13. The van der Waals surface area contributed by atoms with Gasteiger partial charge in [0.1, 0.15) is 0 Å². The molecule has 0 saturated heterocycles. The number of rotatable bonds is 6. The van der Waals surface area contributed by atoms with Crippen molar-refractivity contribution in [3.05, 3.63) is 48.3 Å². The number of hydrogen-bond acceptors (Lipinski definition) is 3. The van der Waals surface area contributed by atoms with Crippen LogP contribution in [0.2, 0.25) is 0 Å². The molecule has 0 aliphatic heterocycles. The number of aryl methyl sites for hydroxylation is 1. The van der Waals surface area contributed by atoms with E-state index in [0.29, 0.717) is 0 Å². The van der Waals surface area contributed by atoms with E-state index >= 15 is 0 Å². The van der Waals surface area contributed by atoms with Gasteiger partial charge in [-0.15, -0.1) is 0 Å². The lowest BCUT2D eigenvalue weighted by Gasteiger charge is -2.16. The Morgan fingerprint density at radius 2 is 2.11 bits per heavy atom. The summed E-state index contributed by atoms with van der Waals surface area (Å²) < 4.78 is 1.99. The van der Waals surface area contributed by atoms with Crippen LogP contribution in [0.15, 0.2) is 37.1 Å². The van der Waals surface area contributed by atoms with Crippen molar-refractivity contribution in [2.45, 2.75) is 25.8 Å². The molecule has 0 spiro atoms. The molecule has 0 amide bonds. The molecule has 2 heterocycles. The van der Waals surface area contributed by atoms with Crippen LogP contribution >= 0.6 is 0 Å². The zero-order valence-electron chi connectivity index (χ0n) is 11.0. The molecule has 2 aromatic heterocycles. The molecule has 0 saturated carbocycles. The molecule has 2 aromatic rings. The maximum atomic E-state index is 4.45. The SMILES string of the molecule is CCCNC(Cc1ccncc1)c1cn(C)cn1. The molecule has 2 rings (SSSR count). The second-order valence-corrected chi connectivity index (χ2v) is 4.53. The predicted molar refractivity (Wildman–Crippen MR) is 72.2 cm³/mol. The van der Waals surface area contributed by atoms with Gasteiger partial charge < -0.3 is 9.88 Å². The van der Waals surface area contributed by atoms with Gasteiger partial charge in [0.2, 0.25) is 0 Å². The molecule has 0 aromatic carbocycles. The zero-order chi connectivity index (χ0) is 12.8. The highest BCUT2D eigenvalue weighted by atomic mass is 15.0. The Bertz CT molecular complexity index is 464. The summed E-state index contributed by atoms with van der Waals surface area (Å²) in [4.78, 5) is 8.50. The van der Waals surface area contributed by atoms with Crippen molar-refractivity contribution >= 4 is 0 Å². The van der Waals surface area contributed by atoms with Gasteiger partial charge in [0.25, 0.3) is 0 Å². The third kappa shape index (κ3) is 3.40. The van der Waals surface area contributed by atoms with Crippen LogP contribution in [0.1, 0.15) is 30.6 Å². The highest BCUT2D eigenvalue weighted by molar-refractivity contribution is 5.15. The van der Waals surface area contributed by atoms with Gasteiger partial charge in [-0.2, -0.15) is 0 Å². The van der Waals surface area contributed by atoms with E-state index in [1.165, 1.54) is 5.56 Å². The summed E-state index contributed by atoms with van der Waals surface area (Å²) in [5.41, 5.74) is 2.38. The summed E-state index contributed by atoms with van der Waals surface area (Å²) in [6.45, 7) is 3.18. The summed E-state index contributed by atoms with van der Waals surface area (Å²) >= 11 is 0. The molecule has 4 heteroatoms. The lowest BCUT2D eigenvalue weighted by molar-refractivity contribution is 0.519. The summed E-state index contributed by atoms with van der Waals surface area (Å²) in [6, 6.07) is 4.39. The van der Waals surface area contributed by atoms with Crippen LogP contribution in [-0.2, 0) is 13.5 Å². The lowest BCUT2D eigenvalue weighted by Crippen LogP contribution is -2.24. The van der Waals surface area contributed by atoms with Crippen LogP contribution in [0.25, 0.3) is 0 Å². The summed E-state index contributed by atoms with van der Waals surface area (Å²) in [5, 5.41) is 3.55. The summed E-state index contributed by atoms with van der Waals surface area (Å²) in [6.07, 6.45) is 9.67. The van der Waals surface area contributed by atoms with Gasteiger partial charge in [0.15, 0.2) is 0 Å². The number of nitrogens with one attached hydrogen (secondary N) is 1. The van der Waals surface area contributed by atoms with E-state index < -0.39 is 0 Å². The minimum Gasteiger partial charge on any atom is -0.340 e. The van der Waals surface area contributed by atoms with E-state index in [1.807, 2.05) is 30.3 Å². The van der Waals surface area contributed by atoms with Crippen molar-refractivity contribution in [2.75, 3.05) is 6.54 Å². The van der Waals surface area contributed by atoms with E-state index in [1.54, 1.807) is 0 Å². The molecule has 1 atom stereocenters. The van der Waals surface area contributed by atoms with E-state index in [4.69, 9.17) is 0 Å². The van der Waals surface area contributed by atoms with Gasteiger partial charge >= 0.3 is 0 Å². The molecule has 0 aliphatic carbocycles. The fourth-order valence-electron chi connectivity index (χ4n) is 1.97. The van der Waals surface area contributed by atoms with Crippen LogP contribution < -0.4 is 5.32 Å². The van der Waals surface area contributed by atoms with Crippen LogP contribution in [0.4, 0.5) is 0 Å². The second-order valence-electron chi connectivity index (χ2n) is 4.53. The van der Waals surface area contributed by atoms with Crippen molar-refractivity contribution < 1.29 is 0 Å². The quantitative estimate of drug-likeness (QED) is 0.846. The van der Waals surface area contributed by atoms with Crippen molar-refractivity contribution in [1.29, 1.82) is 0 Å². The third-order valence-electron chi connectivity index (χ3n) is 2.91. The second kappa shape index (κ2) is 6.31. The van der Waals surface area contributed by atoms with Crippen LogP contribution in [0, 0.1) is 0 Å². The Balaban J connectivity index is 2.10. The average Bonchev–Trinajstić information content (AvgIpc) is 2.82. The fraction of sp³-hybridized carbons (Fsp3) is 0.429. The Kier molecular flexibility index (Phi) is 4.47. The molecule has 0 radical (unpaired) electrons. The maximum Gasteiger partial charge on any atom is 0.0947 e. The van der Waals surface area contributed by atoms with Crippen molar-refractivity contribution in [2.24, 2.45) is 7.05 Å². The molecule has 0 fully saturated rings. The fourth-order valence-corrected chi connectivity index (χ4v) is 1.97. The lowest BCUT2D eigenvalue weighted by atomic mass is 10.0. The third-order valence-corrected chi connectivity index (χ3v) is 2.91. The monoisotopic (exact) mass is 244 g/mol. The van der Waals surface area contributed by atoms with Gasteiger partial charge in [0, 0.05) is 25.6 Å². The van der Waals surface area contributed by atoms with E-state index in [-0.39, 0.29) is 6.04 Å². The largest absolute Gasteiger partial charge is 0.340 e. The standard InChI is InChI=1S/C14H20N4/c1-3-6-16-13(14-10-18(2)11-17-14)9-12-4-7-15-8-5-12/h4-5,7-8,10-11,13,16H,3,6,9H2,1-2H3. The Hall–Kier alpha value is -1.68. The Morgan fingerprint density at radius 3 is 2.72 bits per heavy atom.